The van der Waals surface area contributed by atoms with Gasteiger partial charge in [0.25, 0.3) is 0 Å². The molecular weight excluding hydrogens is 228 g/mol. The summed E-state index contributed by atoms with van der Waals surface area (Å²) in [4.78, 5) is 13.1. The average Bonchev–Trinajstić information content (AvgIpc) is 2.78. The smallest absolute Gasteiger partial charge is 0.307 e. The summed E-state index contributed by atoms with van der Waals surface area (Å²) in [6.07, 6.45) is 0.666. The molecule has 1 fully saturated rings. The summed E-state index contributed by atoms with van der Waals surface area (Å²) in [6.45, 7) is 2.62. The Hall–Kier alpha value is -1.55. The maximum absolute atomic E-state index is 11.0. The van der Waals surface area contributed by atoms with Crippen LogP contribution in [-0.4, -0.2) is 31.7 Å². The van der Waals surface area contributed by atoms with Crippen molar-refractivity contribution in [3.63, 3.8) is 0 Å². The predicted molar refractivity (Wildman–Crippen MR) is 72.0 cm³/mol. The minimum absolute atomic E-state index is 0.143. The number of rotatable bonds is 3. The molecule has 0 amide bonds. The Kier molecular flexibility index (Phi) is 3.57. The van der Waals surface area contributed by atoms with Crippen LogP contribution in [0.3, 0.4) is 0 Å². The minimum Gasteiger partial charge on any atom is -0.481 e. The number of hydrogen-bond acceptors (Lipinski definition) is 3. The largest absolute Gasteiger partial charge is 0.481 e. The van der Waals surface area contributed by atoms with E-state index < -0.39 is 5.97 Å². The first-order valence-corrected chi connectivity index (χ1v) is 6.23. The van der Waals surface area contributed by atoms with Gasteiger partial charge in [-0.1, -0.05) is 12.1 Å². The number of nitrogens with zero attached hydrogens (tertiary/aromatic N) is 1. The zero-order valence-electron chi connectivity index (χ0n) is 11.1. The highest BCUT2D eigenvalue weighted by molar-refractivity contribution is 5.71. The van der Waals surface area contributed by atoms with Gasteiger partial charge in [0.2, 0.25) is 0 Å². The van der Waals surface area contributed by atoms with E-state index >= 15 is 0 Å². The van der Waals surface area contributed by atoms with Gasteiger partial charge in [0.1, 0.15) is 0 Å². The Balaban J connectivity index is 2.26. The number of carboxylic acid groups (broad SMARTS) is 1. The van der Waals surface area contributed by atoms with Gasteiger partial charge in [-0.15, -0.1) is 0 Å². The number of aliphatic carboxylic acids is 1. The van der Waals surface area contributed by atoms with Crippen molar-refractivity contribution in [2.45, 2.75) is 19.4 Å². The highest BCUT2D eigenvalue weighted by Gasteiger charge is 2.31. The highest BCUT2D eigenvalue weighted by Crippen LogP contribution is 2.33. The van der Waals surface area contributed by atoms with E-state index in [1.807, 2.05) is 14.1 Å². The number of benzene rings is 1. The molecule has 0 bridgehead atoms. The van der Waals surface area contributed by atoms with Crippen molar-refractivity contribution in [1.29, 1.82) is 0 Å². The molecule has 4 nitrogen and oxygen atoms in total. The Morgan fingerprint density at radius 2 is 2.17 bits per heavy atom. The average molecular weight is 248 g/mol. The summed E-state index contributed by atoms with van der Waals surface area (Å²) >= 11 is 0. The molecule has 0 spiro atoms. The molecule has 1 aliphatic rings. The molecule has 1 aromatic rings. The standard InChI is InChI=1S/C14H20N2O2/c1-9-4-5-11(13(6-9)16(2)3)12-7-10(8-15-12)14(17)18/h4-6,10,12,15H,7-8H2,1-3H3,(H,17,18). The van der Waals surface area contributed by atoms with Crippen LogP contribution in [0.4, 0.5) is 5.69 Å². The van der Waals surface area contributed by atoms with E-state index in [0.717, 1.165) is 0 Å². The maximum Gasteiger partial charge on any atom is 0.307 e. The monoisotopic (exact) mass is 248 g/mol. The summed E-state index contributed by atoms with van der Waals surface area (Å²) in [6, 6.07) is 6.47. The second kappa shape index (κ2) is 4.98. The van der Waals surface area contributed by atoms with E-state index in [2.05, 4.69) is 35.3 Å². The number of hydrogen-bond donors (Lipinski definition) is 2. The molecule has 4 heteroatoms. The van der Waals surface area contributed by atoms with Crippen LogP contribution >= 0.6 is 0 Å². The van der Waals surface area contributed by atoms with E-state index in [0.29, 0.717) is 13.0 Å². The zero-order valence-corrected chi connectivity index (χ0v) is 11.1. The maximum atomic E-state index is 11.0. The molecule has 0 aromatic heterocycles. The third kappa shape index (κ3) is 2.48. The van der Waals surface area contributed by atoms with Gasteiger partial charge in [-0.3, -0.25) is 4.79 Å². The van der Waals surface area contributed by atoms with E-state index in [4.69, 9.17) is 5.11 Å². The highest BCUT2D eigenvalue weighted by atomic mass is 16.4. The fourth-order valence-electron chi connectivity index (χ4n) is 2.50. The molecule has 0 saturated carbocycles. The number of carbonyl (C=O) groups is 1. The second-order valence-corrected chi connectivity index (χ2v) is 5.19. The van der Waals surface area contributed by atoms with Crippen LogP contribution in [0.25, 0.3) is 0 Å². The zero-order chi connectivity index (χ0) is 13.3. The summed E-state index contributed by atoms with van der Waals surface area (Å²) in [7, 11) is 4.03. The van der Waals surface area contributed by atoms with Crippen LogP contribution in [-0.2, 0) is 4.79 Å². The molecule has 1 heterocycles. The molecule has 0 radical (unpaired) electrons. The third-order valence-electron chi connectivity index (χ3n) is 3.52. The molecule has 2 atom stereocenters. The quantitative estimate of drug-likeness (QED) is 0.856. The van der Waals surface area contributed by atoms with E-state index in [-0.39, 0.29) is 12.0 Å². The first kappa shape index (κ1) is 12.9. The molecule has 1 saturated heterocycles. The minimum atomic E-state index is -0.705. The number of nitrogens with one attached hydrogen (secondary N) is 1. The number of carboxylic acids is 1. The van der Waals surface area contributed by atoms with Crippen LogP contribution in [0, 0.1) is 12.8 Å². The molecule has 2 N–H and O–H groups in total. The van der Waals surface area contributed by atoms with Crippen molar-refractivity contribution in [2.24, 2.45) is 5.92 Å². The normalized spacial score (nSPS) is 23.1. The van der Waals surface area contributed by atoms with Gasteiger partial charge in [-0.2, -0.15) is 0 Å². The van der Waals surface area contributed by atoms with Crippen LogP contribution < -0.4 is 10.2 Å². The Bertz CT molecular complexity index is 457. The lowest BCUT2D eigenvalue weighted by atomic mass is 9.97. The van der Waals surface area contributed by atoms with Gasteiger partial charge in [-0.05, 0) is 30.5 Å². The molecular formula is C14H20N2O2. The first-order chi connectivity index (χ1) is 8.49. The van der Waals surface area contributed by atoms with E-state index in [1.54, 1.807) is 0 Å². The van der Waals surface area contributed by atoms with Gasteiger partial charge in [-0.25, -0.2) is 0 Å². The topological polar surface area (TPSA) is 52.6 Å². The van der Waals surface area contributed by atoms with Crippen molar-refractivity contribution in [3.05, 3.63) is 29.3 Å². The molecule has 18 heavy (non-hydrogen) atoms. The lowest BCUT2D eigenvalue weighted by Crippen LogP contribution is -2.19. The van der Waals surface area contributed by atoms with E-state index in [1.165, 1.54) is 16.8 Å². The van der Waals surface area contributed by atoms with Crippen LogP contribution in [0.1, 0.15) is 23.6 Å². The van der Waals surface area contributed by atoms with Gasteiger partial charge in [0, 0.05) is 32.4 Å². The van der Waals surface area contributed by atoms with Crippen molar-refractivity contribution >= 4 is 11.7 Å². The fraction of sp³-hybridized carbons (Fsp3) is 0.500. The van der Waals surface area contributed by atoms with Gasteiger partial charge in [0.15, 0.2) is 0 Å². The molecule has 2 unspecified atom stereocenters. The Morgan fingerprint density at radius 3 is 2.72 bits per heavy atom. The summed E-state index contributed by atoms with van der Waals surface area (Å²) in [5, 5.41) is 12.4. The molecule has 1 aliphatic heterocycles. The SMILES string of the molecule is Cc1ccc(C2CC(C(=O)O)CN2)c(N(C)C)c1. The van der Waals surface area contributed by atoms with Crippen molar-refractivity contribution < 1.29 is 9.90 Å². The van der Waals surface area contributed by atoms with Gasteiger partial charge >= 0.3 is 5.97 Å². The number of aryl methyl sites for hydroxylation is 1. The molecule has 0 aliphatic carbocycles. The summed E-state index contributed by atoms with van der Waals surface area (Å²) in [5.74, 6) is -0.977. The van der Waals surface area contributed by atoms with Crippen molar-refractivity contribution in [1.82, 2.24) is 5.32 Å². The fourth-order valence-corrected chi connectivity index (χ4v) is 2.50. The lowest BCUT2D eigenvalue weighted by molar-refractivity contribution is -0.141. The Morgan fingerprint density at radius 1 is 1.44 bits per heavy atom. The van der Waals surface area contributed by atoms with Crippen LogP contribution in [0.15, 0.2) is 18.2 Å². The molecule has 2 rings (SSSR count). The third-order valence-corrected chi connectivity index (χ3v) is 3.52. The first-order valence-electron chi connectivity index (χ1n) is 6.23. The van der Waals surface area contributed by atoms with Gasteiger partial charge in [0.05, 0.1) is 5.92 Å². The van der Waals surface area contributed by atoms with Crippen LogP contribution in [0.2, 0.25) is 0 Å². The van der Waals surface area contributed by atoms with Crippen molar-refractivity contribution in [2.75, 3.05) is 25.5 Å². The van der Waals surface area contributed by atoms with Gasteiger partial charge < -0.3 is 15.3 Å². The lowest BCUT2D eigenvalue weighted by Gasteiger charge is -2.22. The Labute approximate surface area is 108 Å². The van der Waals surface area contributed by atoms with Crippen molar-refractivity contribution in [3.8, 4) is 0 Å². The second-order valence-electron chi connectivity index (χ2n) is 5.19. The van der Waals surface area contributed by atoms with Crippen LogP contribution in [0.5, 0.6) is 0 Å². The summed E-state index contributed by atoms with van der Waals surface area (Å²) in [5.41, 5.74) is 3.57. The number of anilines is 1. The molecule has 1 aromatic carbocycles. The van der Waals surface area contributed by atoms with E-state index in [9.17, 15) is 4.79 Å². The summed E-state index contributed by atoms with van der Waals surface area (Å²) < 4.78 is 0. The predicted octanol–water partition coefficient (Wildman–Crippen LogP) is 1.80. The molecule has 98 valence electrons.